The van der Waals surface area contributed by atoms with Gasteiger partial charge in [-0.15, -0.1) is 0 Å². The SMILES string of the molecule is C=C(C#N)[C@@H](/C=C/c1ccccc1)OC(C)=O. The first-order valence-electron chi connectivity index (χ1n) is 5.13. The van der Waals surface area contributed by atoms with Crippen LogP contribution >= 0.6 is 0 Å². The van der Waals surface area contributed by atoms with E-state index in [0.717, 1.165) is 5.56 Å². The van der Waals surface area contributed by atoms with Gasteiger partial charge in [-0.2, -0.15) is 5.26 Å². The molecule has 0 aliphatic carbocycles. The van der Waals surface area contributed by atoms with E-state index in [9.17, 15) is 4.79 Å². The van der Waals surface area contributed by atoms with E-state index in [0.29, 0.717) is 0 Å². The molecule has 1 rings (SSSR count). The Bertz CT molecular complexity index is 469. The van der Waals surface area contributed by atoms with E-state index in [-0.39, 0.29) is 5.57 Å². The third kappa shape index (κ3) is 4.35. The molecule has 1 aromatic rings. The number of benzene rings is 1. The second kappa shape index (κ2) is 6.29. The van der Waals surface area contributed by atoms with Crippen LogP contribution in [-0.2, 0) is 9.53 Å². The number of ether oxygens (including phenoxy) is 1. The van der Waals surface area contributed by atoms with Gasteiger partial charge in [-0.25, -0.2) is 0 Å². The van der Waals surface area contributed by atoms with Crippen LogP contribution < -0.4 is 0 Å². The van der Waals surface area contributed by atoms with Gasteiger partial charge in [0, 0.05) is 6.92 Å². The van der Waals surface area contributed by atoms with Crippen molar-refractivity contribution in [3.05, 3.63) is 54.1 Å². The highest BCUT2D eigenvalue weighted by atomic mass is 16.5. The van der Waals surface area contributed by atoms with Gasteiger partial charge in [0.1, 0.15) is 0 Å². The van der Waals surface area contributed by atoms with Crippen molar-refractivity contribution in [1.29, 1.82) is 5.26 Å². The van der Waals surface area contributed by atoms with Crippen molar-refractivity contribution < 1.29 is 9.53 Å². The Morgan fingerprint density at radius 2 is 2.12 bits per heavy atom. The minimum absolute atomic E-state index is 0.201. The van der Waals surface area contributed by atoms with Crippen LogP contribution in [0.25, 0.3) is 6.08 Å². The monoisotopic (exact) mass is 227 g/mol. The number of hydrogen-bond acceptors (Lipinski definition) is 3. The Labute approximate surface area is 101 Å². The lowest BCUT2D eigenvalue weighted by atomic mass is 10.1. The van der Waals surface area contributed by atoms with Gasteiger partial charge in [0.15, 0.2) is 6.10 Å². The smallest absolute Gasteiger partial charge is 0.303 e. The Morgan fingerprint density at radius 3 is 2.65 bits per heavy atom. The molecule has 0 fully saturated rings. The highest BCUT2D eigenvalue weighted by molar-refractivity contribution is 5.67. The average Bonchev–Trinajstić information content (AvgIpc) is 2.34. The molecule has 1 aromatic carbocycles. The highest BCUT2D eigenvalue weighted by Gasteiger charge is 2.11. The van der Waals surface area contributed by atoms with E-state index < -0.39 is 12.1 Å². The molecule has 0 amide bonds. The third-order valence-corrected chi connectivity index (χ3v) is 2.04. The van der Waals surface area contributed by atoms with Crippen molar-refractivity contribution >= 4 is 12.0 Å². The normalized spacial score (nSPS) is 11.8. The number of rotatable bonds is 4. The van der Waals surface area contributed by atoms with E-state index in [1.165, 1.54) is 6.92 Å². The minimum atomic E-state index is -0.697. The summed E-state index contributed by atoms with van der Waals surface area (Å²) in [6.07, 6.45) is 2.73. The van der Waals surface area contributed by atoms with Gasteiger partial charge in [-0.05, 0) is 11.6 Å². The van der Waals surface area contributed by atoms with Crippen molar-refractivity contribution in [1.82, 2.24) is 0 Å². The summed E-state index contributed by atoms with van der Waals surface area (Å²) in [6.45, 7) is 4.85. The molecule has 0 unspecified atom stereocenters. The number of carbonyl (C=O) groups excluding carboxylic acids is 1. The zero-order chi connectivity index (χ0) is 12.7. The van der Waals surface area contributed by atoms with Gasteiger partial charge in [-0.3, -0.25) is 4.79 Å². The lowest BCUT2D eigenvalue weighted by Gasteiger charge is -2.10. The van der Waals surface area contributed by atoms with E-state index in [2.05, 4.69) is 6.58 Å². The molecule has 17 heavy (non-hydrogen) atoms. The summed E-state index contributed by atoms with van der Waals surface area (Å²) in [5, 5.41) is 8.74. The molecule has 0 N–H and O–H groups in total. The zero-order valence-electron chi connectivity index (χ0n) is 9.59. The maximum atomic E-state index is 10.9. The molecule has 3 heteroatoms. The van der Waals surface area contributed by atoms with E-state index >= 15 is 0 Å². The van der Waals surface area contributed by atoms with Crippen LogP contribution in [0, 0.1) is 11.3 Å². The molecular formula is C14H13NO2. The van der Waals surface area contributed by atoms with Crippen molar-refractivity contribution in [3.8, 4) is 6.07 Å². The summed E-state index contributed by atoms with van der Waals surface area (Å²) in [4.78, 5) is 10.9. The Morgan fingerprint density at radius 1 is 1.47 bits per heavy atom. The number of carbonyl (C=O) groups is 1. The van der Waals surface area contributed by atoms with Gasteiger partial charge in [-0.1, -0.05) is 43.0 Å². The summed E-state index contributed by atoms with van der Waals surface area (Å²) in [5.41, 5.74) is 1.17. The van der Waals surface area contributed by atoms with Crippen LogP contribution in [-0.4, -0.2) is 12.1 Å². The van der Waals surface area contributed by atoms with Gasteiger partial charge in [0.05, 0.1) is 11.6 Å². The summed E-state index contributed by atoms with van der Waals surface area (Å²) < 4.78 is 4.98. The fourth-order valence-corrected chi connectivity index (χ4v) is 1.23. The zero-order valence-corrected chi connectivity index (χ0v) is 9.59. The van der Waals surface area contributed by atoms with Crippen molar-refractivity contribution in [2.45, 2.75) is 13.0 Å². The first kappa shape index (κ1) is 12.7. The van der Waals surface area contributed by atoms with Crippen LogP contribution in [0.1, 0.15) is 12.5 Å². The third-order valence-electron chi connectivity index (χ3n) is 2.04. The summed E-state index contributed by atoms with van der Waals surface area (Å²) in [6, 6.07) is 11.4. The lowest BCUT2D eigenvalue weighted by Crippen LogP contribution is -2.14. The van der Waals surface area contributed by atoms with Crippen LogP contribution in [0.3, 0.4) is 0 Å². The molecular weight excluding hydrogens is 214 g/mol. The topological polar surface area (TPSA) is 50.1 Å². The van der Waals surface area contributed by atoms with Gasteiger partial charge in [0.25, 0.3) is 0 Å². The molecule has 1 atom stereocenters. The van der Waals surface area contributed by atoms with Gasteiger partial charge in [0.2, 0.25) is 0 Å². The second-order valence-electron chi connectivity index (χ2n) is 3.44. The molecule has 0 saturated heterocycles. The molecule has 0 spiro atoms. The summed E-state index contributed by atoms with van der Waals surface area (Å²) in [5.74, 6) is -0.441. The quantitative estimate of drug-likeness (QED) is 0.587. The number of nitriles is 1. The molecule has 0 radical (unpaired) electrons. The van der Waals surface area contributed by atoms with Gasteiger partial charge >= 0.3 is 5.97 Å². The molecule has 0 saturated carbocycles. The fourth-order valence-electron chi connectivity index (χ4n) is 1.23. The van der Waals surface area contributed by atoms with Crippen molar-refractivity contribution in [2.75, 3.05) is 0 Å². The maximum absolute atomic E-state index is 10.9. The maximum Gasteiger partial charge on any atom is 0.303 e. The van der Waals surface area contributed by atoms with Crippen LogP contribution in [0.2, 0.25) is 0 Å². The lowest BCUT2D eigenvalue weighted by molar-refractivity contribution is -0.142. The van der Waals surface area contributed by atoms with E-state index in [1.807, 2.05) is 36.4 Å². The van der Waals surface area contributed by atoms with Gasteiger partial charge < -0.3 is 4.74 Å². The second-order valence-corrected chi connectivity index (χ2v) is 3.44. The standard InChI is InChI=1S/C14H13NO2/c1-11(10-15)14(17-12(2)16)9-8-13-6-4-3-5-7-13/h3-9,14H,1H2,2H3/b9-8+/t14-/m1/s1. The first-order valence-corrected chi connectivity index (χ1v) is 5.13. The molecule has 0 aromatic heterocycles. The molecule has 86 valence electrons. The molecule has 3 nitrogen and oxygen atoms in total. The van der Waals surface area contributed by atoms with Crippen LogP contribution in [0.4, 0.5) is 0 Å². The van der Waals surface area contributed by atoms with Crippen molar-refractivity contribution in [3.63, 3.8) is 0 Å². The van der Waals surface area contributed by atoms with E-state index in [4.69, 9.17) is 10.00 Å². The molecule has 0 heterocycles. The summed E-state index contributed by atoms with van der Waals surface area (Å²) >= 11 is 0. The van der Waals surface area contributed by atoms with Crippen LogP contribution in [0.15, 0.2) is 48.6 Å². The first-order chi connectivity index (χ1) is 8.13. The number of esters is 1. The number of nitrogens with zero attached hydrogens (tertiary/aromatic N) is 1. The predicted molar refractivity (Wildman–Crippen MR) is 65.8 cm³/mol. The van der Waals surface area contributed by atoms with Crippen LogP contribution in [0.5, 0.6) is 0 Å². The number of hydrogen-bond donors (Lipinski definition) is 0. The van der Waals surface area contributed by atoms with Crippen molar-refractivity contribution in [2.24, 2.45) is 0 Å². The predicted octanol–water partition coefficient (Wildman–Crippen LogP) is 2.71. The summed E-state index contributed by atoms with van der Waals surface area (Å²) in [7, 11) is 0. The fraction of sp³-hybridized carbons (Fsp3) is 0.143. The molecule has 0 aliphatic heterocycles. The average molecular weight is 227 g/mol. The minimum Gasteiger partial charge on any atom is -0.453 e. The Balaban J connectivity index is 2.80. The molecule has 0 aliphatic rings. The highest BCUT2D eigenvalue weighted by Crippen LogP contribution is 2.09. The Hall–Kier alpha value is -2.34. The van der Waals surface area contributed by atoms with E-state index in [1.54, 1.807) is 12.2 Å². The Kier molecular flexibility index (Phi) is 4.71. The largest absolute Gasteiger partial charge is 0.453 e. The molecule has 0 bridgehead atoms.